The zero-order valence-electron chi connectivity index (χ0n) is 11.7. The predicted octanol–water partition coefficient (Wildman–Crippen LogP) is 0.913. The first-order valence-corrected chi connectivity index (χ1v) is 6.65. The van der Waals surface area contributed by atoms with Gasteiger partial charge in [-0.3, -0.25) is 9.59 Å². The zero-order chi connectivity index (χ0) is 15.9. The van der Waals surface area contributed by atoms with Gasteiger partial charge in [-0.1, -0.05) is 16.8 Å². The van der Waals surface area contributed by atoms with E-state index in [4.69, 9.17) is 5.11 Å². The zero-order valence-corrected chi connectivity index (χ0v) is 11.7. The van der Waals surface area contributed by atoms with Crippen LogP contribution in [0.1, 0.15) is 22.3 Å². The second-order valence-corrected chi connectivity index (χ2v) is 4.63. The van der Waals surface area contributed by atoms with Crippen LogP contribution in [0.5, 0.6) is 0 Å². The number of aryl methyl sites for hydroxylation is 1. The van der Waals surface area contributed by atoms with E-state index in [0.29, 0.717) is 5.56 Å². The minimum Gasteiger partial charge on any atom is -0.481 e. The van der Waals surface area contributed by atoms with E-state index in [0.717, 1.165) is 5.56 Å². The van der Waals surface area contributed by atoms with Crippen molar-refractivity contribution in [2.24, 2.45) is 0 Å². The number of aromatic nitrogens is 2. The lowest BCUT2D eigenvalue weighted by atomic mass is 10.2. The highest BCUT2D eigenvalue weighted by Gasteiger charge is 2.10. The lowest BCUT2D eigenvalue weighted by Gasteiger charge is -2.04. The second-order valence-electron chi connectivity index (χ2n) is 4.63. The van der Waals surface area contributed by atoms with E-state index >= 15 is 0 Å². The van der Waals surface area contributed by atoms with Gasteiger partial charge in [-0.05, 0) is 22.8 Å². The Bertz CT molecular complexity index is 657. The van der Waals surface area contributed by atoms with E-state index in [1.165, 1.54) is 23.0 Å². The molecular formula is C15H15FN3O3+. The van der Waals surface area contributed by atoms with Crippen LogP contribution in [-0.4, -0.2) is 22.1 Å². The molecule has 0 saturated carbocycles. The molecule has 7 heteroatoms. The van der Waals surface area contributed by atoms with E-state index in [1.807, 2.05) is 0 Å². The lowest BCUT2D eigenvalue weighted by molar-refractivity contribution is -0.753. The van der Waals surface area contributed by atoms with E-state index in [9.17, 15) is 14.0 Å². The summed E-state index contributed by atoms with van der Waals surface area (Å²) in [6.07, 6.45) is 2.89. The number of carboxylic acid groups (broad SMARTS) is 1. The molecule has 0 aliphatic carbocycles. The first-order chi connectivity index (χ1) is 10.5. The average Bonchev–Trinajstić information content (AvgIpc) is 2.52. The van der Waals surface area contributed by atoms with Gasteiger partial charge in [0.15, 0.2) is 12.7 Å². The van der Waals surface area contributed by atoms with Crippen LogP contribution < -0.4 is 10.00 Å². The smallest absolute Gasteiger partial charge is 0.309 e. The van der Waals surface area contributed by atoms with Crippen molar-refractivity contribution in [3.05, 3.63) is 59.7 Å². The fraction of sp³-hybridized carbons (Fsp3) is 0.200. The summed E-state index contributed by atoms with van der Waals surface area (Å²) in [6.45, 7) is 0.528. The van der Waals surface area contributed by atoms with Crippen molar-refractivity contribution >= 4 is 11.9 Å². The standard InChI is InChI=1S/C15H14FN3O3/c16-13-3-1-11(2-4-13)9-17-15(22)12-5-7-19(18-10-12)8-6-14(20)21/h1-5,7,10H,6,8-9H2,(H-,17,20,21,22)/p+1. The molecule has 2 N–H and O–H groups in total. The molecular weight excluding hydrogens is 289 g/mol. The summed E-state index contributed by atoms with van der Waals surface area (Å²) >= 11 is 0. The molecule has 2 rings (SSSR count). The number of nitrogens with zero attached hydrogens (tertiary/aromatic N) is 2. The molecule has 6 nitrogen and oxygen atoms in total. The van der Waals surface area contributed by atoms with Crippen LogP contribution in [0.25, 0.3) is 0 Å². The van der Waals surface area contributed by atoms with Crippen LogP contribution in [0.15, 0.2) is 42.7 Å². The Morgan fingerprint density at radius 1 is 1.23 bits per heavy atom. The van der Waals surface area contributed by atoms with Crippen LogP contribution in [0.2, 0.25) is 0 Å². The van der Waals surface area contributed by atoms with E-state index < -0.39 is 5.97 Å². The molecule has 0 saturated heterocycles. The molecule has 0 unspecified atom stereocenters. The van der Waals surface area contributed by atoms with Crippen LogP contribution in [-0.2, 0) is 17.9 Å². The molecule has 22 heavy (non-hydrogen) atoms. The third-order valence-corrected chi connectivity index (χ3v) is 2.95. The molecule has 1 amide bonds. The molecule has 114 valence electrons. The van der Waals surface area contributed by atoms with Gasteiger partial charge in [0.25, 0.3) is 5.91 Å². The number of carbonyl (C=O) groups excluding carboxylic acids is 1. The Balaban J connectivity index is 1.89. The van der Waals surface area contributed by atoms with Crippen molar-refractivity contribution in [3.63, 3.8) is 0 Å². The molecule has 1 aromatic heterocycles. The third-order valence-electron chi connectivity index (χ3n) is 2.95. The maximum absolute atomic E-state index is 12.8. The topological polar surface area (TPSA) is 83.2 Å². The Labute approximate surface area is 126 Å². The molecule has 0 radical (unpaired) electrons. The second kappa shape index (κ2) is 7.26. The third kappa shape index (κ3) is 4.62. The Morgan fingerprint density at radius 2 is 1.95 bits per heavy atom. The number of nitrogens with one attached hydrogen (secondary N) is 1. The molecule has 0 fully saturated rings. The first-order valence-electron chi connectivity index (χ1n) is 6.65. The van der Waals surface area contributed by atoms with Crippen LogP contribution in [0.4, 0.5) is 4.39 Å². The molecule has 0 aliphatic rings. The van der Waals surface area contributed by atoms with E-state index in [1.54, 1.807) is 24.4 Å². The van der Waals surface area contributed by atoms with Gasteiger partial charge >= 0.3 is 5.97 Å². The maximum Gasteiger partial charge on any atom is 0.309 e. The van der Waals surface area contributed by atoms with Gasteiger partial charge < -0.3 is 10.4 Å². The van der Waals surface area contributed by atoms with Gasteiger partial charge in [0.2, 0.25) is 0 Å². The van der Waals surface area contributed by atoms with E-state index in [-0.39, 0.29) is 31.2 Å². The highest BCUT2D eigenvalue weighted by Crippen LogP contribution is 2.03. The average molecular weight is 304 g/mol. The number of aliphatic carboxylic acids is 1. The van der Waals surface area contributed by atoms with Gasteiger partial charge in [0.1, 0.15) is 18.4 Å². The fourth-order valence-corrected chi connectivity index (χ4v) is 1.75. The van der Waals surface area contributed by atoms with Crippen molar-refractivity contribution in [1.82, 2.24) is 10.4 Å². The van der Waals surface area contributed by atoms with Crippen molar-refractivity contribution in [2.75, 3.05) is 0 Å². The summed E-state index contributed by atoms with van der Waals surface area (Å²) in [5.41, 5.74) is 1.16. The minimum atomic E-state index is -0.907. The van der Waals surface area contributed by atoms with Gasteiger partial charge in [-0.25, -0.2) is 4.39 Å². The fourth-order valence-electron chi connectivity index (χ4n) is 1.75. The molecule has 0 bridgehead atoms. The normalized spacial score (nSPS) is 10.2. The number of benzene rings is 1. The molecule has 1 aromatic carbocycles. The predicted molar refractivity (Wildman–Crippen MR) is 74.3 cm³/mol. The monoisotopic (exact) mass is 304 g/mol. The number of carboxylic acids is 1. The Hall–Kier alpha value is -2.83. The SMILES string of the molecule is O=C(O)CC[n+]1ccc(C(=O)NCc2ccc(F)cc2)cn1. The number of hydrogen-bond donors (Lipinski definition) is 2. The molecule has 2 aromatic rings. The molecule has 0 atom stereocenters. The lowest BCUT2D eigenvalue weighted by Crippen LogP contribution is -2.39. The van der Waals surface area contributed by atoms with Gasteiger partial charge in [0, 0.05) is 12.6 Å². The van der Waals surface area contributed by atoms with Gasteiger partial charge in [-0.15, -0.1) is 0 Å². The molecule has 1 heterocycles. The molecule has 0 spiro atoms. The largest absolute Gasteiger partial charge is 0.481 e. The van der Waals surface area contributed by atoms with Gasteiger partial charge in [0.05, 0.1) is 5.56 Å². The number of amides is 1. The summed E-state index contributed by atoms with van der Waals surface area (Å²) in [6, 6.07) is 7.42. The molecule has 0 aliphatic heterocycles. The Kier molecular flexibility index (Phi) is 5.13. The van der Waals surface area contributed by atoms with Crippen molar-refractivity contribution < 1.29 is 23.8 Å². The minimum absolute atomic E-state index is 0.0340. The first kappa shape index (κ1) is 15.6. The number of carbonyl (C=O) groups is 2. The van der Waals surface area contributed by atoms with Crippen LogP contribution in [0.3, 0.4) is 0 Å². The highest BCUT2D eigenvalue weighted by molar-refractivity contribution is 5.93. The number of halogens is 1. The summed E-state index contributed by atoms with van der Waals surface area (Å²) in [4.78, 5) is 22.4. The highest BCUT2D eigenvalue weighted by atomic mass is 19.1. The number of rotatable bonds is 6. The summed E-state index contributed by atoms with van der Waals surface area (Å²) in [7, 11) is 0. The van der Waals surface area contributed by atoms with Crippen LogP contribution in [0, 0.1) is 5.82 Å². The maximum atomic E-state index is 12.8. The number of hydrogen-bond acceptors (Lipinski definition) is 3. The van der Waals surface area contributed by atoms with Gasteiger partial charge in [-0.2, -0.15) is 0 Å². The summed E-state index contributed by atoms with van der Waals surface area (Å²) in [5, 5.41) is 15.3. The van der Waals surface area contributed by atoms with Crippen molar-refractivity contribution in [3.8, 4) is 0 Å². The summed E-state index contributed by atoms with van der Waals surface area (Å²) in [5.74, 6) is -1.54. The quantitative estimate of drug-likeness (QED) is 0.777. The Morgan fingerprint density at radius 3 is 2.55 bits per heavy atom. The van der Waals surface area contributed by atoms with Crippen molar-refractivity contribution in [2.45, 2.75) is 19.5 Å². The van der Waals surface area contributed by atoms with Crippen LogP contribution >= 0.6 is 0 Å². The van der Waals surface area contributed by atoms with Crippen molar-refractivity contribution in [1.29, 1.82) is 0 Å². The van der Waals surface area contributed by atoms with E-state index in [2.05, 4.69) is 10.4 Å². The summed E-state index contributed by atoms with van der Waals surface area (Å²) < 4.78 is 14.2.